The summed E-state index contributed by atoms with van der Waals surface area (Å²) in [7, 11) is 1.67. The summed E-state index contributed by atoms with van der Waals surface area (Å²) in [6, 6.07) is 5.81. The minimum Gasteiger partial charge on any atom is -0.481 e. The van der Waals surface area contributed by atoms with Crippen LogP contribution in [0.4, 0.5) is 18.9 Å². The number of amides is 2. The molecule has 42 heavy (non-hydrogen) atoms. The number of likely N-dealkylation sites (tertiary alicyclic amines) is 1. The number of aryl methyl sites for hydroxylation is 1. The number of hydrogen-bond acceptors (Lipinski definition) is 4. The van der Waals surface area contributed by atoms with E-state index in [-0.39, 0.29) is 59.9 Å². The van der Waals surface area contributed by atoms with Crippen LogP contribution in [0.3, 0.4) is 0 Å². The van der Waals surface area contributed by atoms with Gasteiger partial charge in [0.15, 0.2) is 0 Å². The Morgan fingerprint density at radius 2 is 1.86 bits per heavy atom. The zero-order chi connectivity index (χ0) is 30.1. The first-order chi connectivity index (χ1) is 20.0. The van der Waals surface area contributed by atoms with Crippen LogP contribution in [0.1, 0.15) is 48.0 Å². The number of aliphatic carboxylic acids is 1. The summed E-state index contributed by atoms with van der Waals surface area (Å²) in [4.78, 5) is 38.6. The van der Waals surface area contributed by atoms with E-state index in [2.05, 4.69) is 5.32 Å². The van der Waals surface area contributed by atoms with Gasteiger partial charge >= 0.3 is 5.97 Å². The molecule has 224 valence electrons. The lowest BCUT2D eigenvalue weighted by molar-refractivity contribution is -0.144. The van der Waals surface area contributed by atoms with E-state index >= 15 is 4.39 Å². The van der Waals surface area contributed by atoms with Gasteiger partial charge in [-0.15, -0.1) is 0 Å². The van der Waals surface area contributed by atoms with Crippen molar-refractivity contribution in [1.82, 2.24) is 9.47 Å². The third kappa shape index (κ3) is 6.42. The number of ether oxygens (including phenoxy) is 1. The molecule has 8 nitrogen and oxygen atoms in total. The second kappa shape index (κ2) is 12.3. The Morgan fingerprint density at radius 3 is 2.57 bits per heavy atom. The normalized spacial score (nSPS) is 22.5. The molecule has 1 aromatic heterocycles. The Balaban J connectivity index is 1.22. The first kappa shape index (κ1) is 29.9. The smallest absolute Gasteiger partial charge is 0.306 e. The van der Waals surface area contributed by atoms with Crippen LogP contribution < -0.4 is 5.32 Å². The number of carboxylic acids is 1. The van der Waals surface area contributed by atoms with Gasteiger partial charge in [-0.25, -0.2) is 13.2 Å². The monoisotopic (exact) mass is 605 g/mol. The molecule has 2 aromatic carbocycles. The van der Waals surface area contributed by atoms with Crippen molar-refractivity contribution in [2.75, 3.05) is 18.5 Å². The van der Waals surface area contributed by atoms with E-state index in [1.165, 1.54) is 35.4 Å². The second-order valence-electron chi connectivity index (χ2n) is 11.0. The number of carbonyl (C=O) groups excluding carboxylic acids is 2. The van der Waals surface area contributed by atoms with Gasteiger partial charge in [0, 0.05) is 25.1 Å². The minimum atomic E-state index is -1.23. The molecule has 2 fully saturated rings. The number of anilines is 1. The number of carboxylic acid groups (broad SMARTS) is 1. The maximum atomic E-state index is 15.1. The number of benzene rings is 2. The molecule has 2 aliphatic rings. The van der Waals surface area contributed by atoms with Gasteiger partial charge in [-0.2, -0.15) is 0 Å². The number of nitrogens with one attached hydrogen (secondary N) is 1. The van der Waals surface area contributed by atoms with Crippen molar-refractivity contribution in [3.05, 3.63) is 64.3 Å². The van der Waals surface area contributed by atoms with E-state index in [9.17, 15) is 23.2 Å². The lowest BCUT2D eigenvalue weighted by Gasteiger charge is -2.30. The Morgan fingerprint density at radius 1 is 1.12 bits per heavy atom. The Kier molecular flexibility index (Phi) is 8.79. The number of halogens is 4. The Hall–Kier alpha value is -3.57. The Labute approximate surface area is 245 Å². The molecule has 2 N–H and O–H groups in total. The molecular weight excluding hydrogens is 575 g/mol. The molecule has 1 saturated heterocycles. The van der Waals surface area contributed by atoms with E-state index in [4.69, 9.17) is 21.4 Å². The average molecular weight is 606 g/mol. The van der Waals surface area contributed by atoms with Gasteiger partial charge in [-0.05, 0) is 61.6 Å². The lowest BCUT2D eigenvalue weighted by Crippen LogP contribution is -2.40. The first-order valence-electron chi connectivity index (χ1n) is 13.8. The van der Waals surface area contributed by atoms with Crippen LogP contribution in [0.2, 0.25) is 5.02 Å². The average Bonchev–Trinajstić information content (AvgIpc) is 3.49. The highest BCUT2D eigenvalue weighted by atomic mass is 35.5. The molecule has 2 atom stereocenters. The fourth-order valence-electron chi connectivity index (χ4n) is 5.86. The topological polar surface area (TPSA) is 101 Å². The van der Waals surface area contributed by atoms with Crippen molar-refractivity contribution in [1.29, 1.82) is 0 Å². The molecule has 0 spiro atoms. The molecule has 12 heteroatoms. The number of fused-ring (bicyclic) bond motifs is 1. The summed E-state index contributed by atoms with van der Waals surface area (Å²) in [5.74, 6) is -3.44. The number of hydrogen-bond donors (Lipinski definition) is 2. The molecule has 0 unspecified atom stereocenters. The molecule has 3 aromatic rings. The molecule has 0 bridgehead atoms. The number of carbonyl (C=O) groups is 3. The van der Waals surface area contributed by atoms with Crippen molar-refractivity contribution in [3.63, 3.8) is 0 Å². The molecule has 1 aliphatic carbocycles. The largest absolute Gasteiger partial charge is 0.481 e. The zero-order valence-electron chi connectivity index (χ0n) is 22.9. The predicted molar refractivity (Wildman–Crippen MR) is 150 cm³/mol. The molecule has 2 amide bonds. The highest BCUT2D eigenvalue weighted by Gasteiger charge is 2.37. The SMILES string of the molecule is Cn1cc(C(=O)Nc2cc(F)c(CC(=O)N3C[C@@H](F)C[C@H]3COC3CCC(C(=O)O)CC3)cc2Cl)c2ccc(F)cc21. The van der Waals surface area contributed by atoms with Crippen molar-refractivity contribution < 1.29 is 37.4 Å². The summed E-state index contributed by atoms with van der Waals surface area (Å²) in [5.41, 5.74) is 0.764. The quantitative estimate of drug-likeness (QED) is 0.353. The van der Waals surface area contributed by atoms with Crippen LogP contribution in [-0.4, -0.2) is 63.8 Å². The van der Waals surface area contributed by atoms with Crippen molar-refractivity contribution in [2.45, 2.75) is 56.8 Å². The third-order valence-corrected chi connectivity index (χ3v) is 8.47. The van der Waals surface area contributed by atoms with Gasteiger partial charge < -0.3 is 24.6 Å². The van der Waals surface area contributed by atoms with Crippen molar-refractivity contribution in [3.8, 4) is 0 Å². The molecular formula is C30H31ClF3N3O5. The van der Waals surface area contributed by atoms with Gasteiger partial charge in [0.2, 0.25) is 5.91 Å². The molecule has 1 saturated carbocycles. The number of aromatic nitrogens is 1. The van der Waals surface area contributed by atoms with Crippen molar-refractivity contribution in [2.24, 2.45) is 13.0 Å². The lowest BCUT2D eigenvalue weighted by atomic mass is 9.87. The van der Waals surface area contributed by atoms with Crippen LogP contribution >= 0.6 is 11.6 Å². The van der Waals surface area contributed by atoms with Crippen LogP contribution in [0.5, 0.6) is 0 Å². The van der Waals surface area contributed by atoms with Gasteiger partial charge in [-0.3, -0.25) is 14.4 Å². The van der Waals surface area contributed by atoms with Crippen LogP contribution in [-0.2, 0) is 27.8 Å². The fourth-order valence-corrected chi connectivity index (χ4v) is 6.09. The molecule has 5 rings (SSSR count). The van der Waals surface area contributed by atoms with Crippen LogP contribution in [0.15, 0.2) is 36.5 Å². The minimum absolute atomic E-state index is 0.00222. The Bertz CT molecular complexity index is 1520. The van der Waals surface area contributed by atoms with E-state index in [1.807, 2.05) is 0 Å². The van der Waals surface area contributed by atoms with E-state index in [0.29, 0.717) is 36.6 Å². The van der Waals surface area contributed by atoms with E-state index in [0.717, 1.165) is 6.07 Å². The number of nitrogens with zero attached hydrogens (tertiary/aromatic N) is 2. The standard InChI is InChI=1S/C30H31ClF3N3O5/c1-36-14-23(22-7-4-18(32)11-27(22)36)29(39)35-26-12-25(34)17(8-24(26)31)9-28(38)37-13-19(33)10-20(37)15-42-21-5-2-16(3-6-21)30(40)41/h4,7-8,11-12,14,16,19-21H,2-3,5-6,9-10,13,15H2,1H3,(H,35,39)(H,40,41)/t16?,19-,20-,21?/m0/s1. The van der Waals surface area contributed by atoms with Crippen molar-refractivity contribution >= 4 is 46.0 Å². The summed E-state index contributed by atoms with van der Waals surface area (Å²) in [6.07, 6.45) is 2.09. The number of rotatable bonds is 8. The molecule has 1 aliphatic heterocycles. The van der Waals surface area contributed by atoms with Gasteiger partial charge in [0.1, 0.15) is 17.8 Å². The summed E-state index contributed by atoms with van der Waals surface area (Å²) >= 11 is 6.36. The van der Waals surface area contributed by atoms with E-state index < -0.39 is 41.6 Å². The second-order valence-corrected chi connectivity index (χ2v) is 11.5. The van der Waals surface area contributed by atoms with Gasteiger partial charge in [0.25, 0.3) is 5.91 Å². The fraction of sp³-hybridized carbons (Fsp3) is 0.433. The predicted octanol–water partition coefficient (Wildman–Crippen LogP) is 5.50. The maximum Gasteiger partial charge on any atom is 0.306 e. The molecule has 2 heterocycles. The molecule has 0 radical (unpaired) electrons. The van der Waals surface area contributed by atoms with Crippen LogP contribution in [0, 0.1) is 17.6 Å². The van der Waals surface area contributed by atoms with Gasteiger partial charge in [-0.1, -0.05) is 11.6 Å². The highest BCUT2D eigenvalue weighted by molar-refractivity contribution is 6.34. The van der Waals surface area contributed by atoms with E-state index in [1.54, 1.807) is 11.6 Å². The summed E-state index contributed by atoms with van der Waals surface area (Å²) in [6.45, 7) is -0.0133. The van der Waals surface area contributed by atoms with Crippen LogP contribution in [0.25, 0.3) is 10.9 Å². The maximum absolute atomic E-state index is 15.1. The summed E-state index contributed by atoms with van der Waals surface area (Å²) < 4.78 is 50.6. The third-order valence-electron chi connectivity index (χ3n) is 8.15. The first-order valence-corrected chi connectivity index (χ1v) is 14.2. The van der Waals surface area contributed by atoms with Gasteiger partial charge in [0.05, 0.1) is 59.4 Å². The zero-order valence-corrected chi connectivity index (χ0v) is 23.7. The highest BCUT2D eigenvalue weighted by Crippen LogP contribution is 2.31. The number of alkyl halides is 1. The summed E-state index contributed by atoms with van der Waals surface area (Å²) in [5, 5.41) is 12.3.